The summed E-state index contributed by atoms with van der Waals surface area (Å²) in [6, 6.07) is 14.5. The molecule has 4 aromatic rings. The minimum absolute atomic E-state index is 0.0541. The summed E-state index contributed by atoms with van der Waals surface area (Å²) in [7, 11) is 0. The second kappa shape index (κ2) is 7.99. The number of nitrogens with zero attached hydrogens (tertiary/aromatic N) is 4. The van der Waals surface area contributed by atoms with E-state index in [1.807, 2.05) is 37.3 Å². The lowest BCUT2D eigenvalue weighted by atomic mass is 10.1. The Labute approximate surface area is 182 Å². The maximum Gasteiger partial charge on any atom is 0.353 e. The van der Waals surface area contributed by atoms with Crippen LogP contribution < -0.4 is 20.1 Å². The van der Waals surface area contributed by atoms with E-state index in [2.05, 4.69) is 25.6 Å². The van der Waals surface area contributed by atoms with E-state index in [1.165, 1.54) is 6.33 Å². The summed E-state index contributed by atoms with van der Waals surface area (Å²) < 4.78 is 11.1. The molecule has 0 saturated heterocycles. The first-order valence-corrected chi connectivity index (χ1v) is 9.88. The zero-order valence-electron chi connectivity index (χ0n) is 17.0. The molecule has 10 heteroatoms. The highest BCUT2D eigenvalue weighted by Crippen LogP contribution is 2.37. The van der Waals surface area contributed by atoms with Crippen molar-refractivity contribution >= 4 is 39.6 Å². The quantitative estimate of drug-likeness (QED) is 0.348. The van der Waals surface area contributed by atoms with E-state index in [9.17, 15) is 10.1 Å². The smallest absolute Gasteiger partial charge is 0.353 e. The van der Waals surface area contributed by atoms with Gasteiger partial charge in [-0.1, -0.05) is 6.07 Å². The van der Waals surface area contributed by atoms with E-state index in [1.54, 1.807) is 18.2 Å². The molecule has 0 fully saturated rings. The summed E-state index contributed by atoms with van der Waals surface area (Å²) in [5, 5.41) is 18.8. The fourth-order valence-corrected chi connectivity index (χ4v) is 3.49. The number of hydrogen-bond acceptors (Lipinski definition) is 9. The lowest BCUT2D eigenvalue weighted by Crippen LogP contribution is -2.15. The molecule has 10 nitrogen and oxygen atoms in total. The van der Waals surface area contributed by atoms with Gasteiger partial charge in [0.2, 0.25) is 11.6 Å². The predicted molar refractivity (Wildman–Crippen MR) is 119 cm³/mol. The van der Waals surface area contributed by atoms with Crippen LogP contribution in [0.2, 0.25) is 0 Å². The van der Waals surface area contributed by atoms with E-state index in [0.29, 0.717) is 36.1 Å². The van der Waals surface area contributed by atoms with Crippen molar-refractivity contribution in [2.24, 2.45) is 0 Å². The van der Waals surface area contributed by atoms with Gasteiger partial charge in [0.05, 0.1) is 10.4 Å². The third-order valence-electron chi connectivity index (χ3n) is 4.93. The van der Waals surface area contributed by atoms with Gasteiger partial charge in [-0.25, -0.2) is 9.97 Å². The van der Waals surface area contributed by atoms with Crippen LogP contribution in [0.1, 0.15) is 5.69 Å². The Morgan fingerprint density at radius 1 is 0.969 bits per heavy atom. The largest absolute Gasteiger partial charge is 0.486 e. The molecule has 0 atom stereocenters. The van der Waals surface area contributed by atoms with Crippen LogP contribution in [0.5, 0.6) is 11.5 Å². The standard InChI is InChI=1S/C22H18N6O4/c1-13-5-7-15-16(25-13)3-2-4-17(15)27-22-20(28(29)30)21(23-12-24-22)26-14-6-8-18-19(11-14)32-10-9-31-18/h2-8,11-12H,9-10H2,1H3,(H2,23,24,26,27). The molecule has 32 heavy (non-hydrogen) atoms. The van der Waals surface area contributed by atoms with Crippen LogP contribution in [-0.2, 0) is 0 Å². The summed E-state index contributed by atoms with van der Waals surface area (Å²) in [5.41, 5.74) is 2.61. The zero-order chi connectivity index (χ0) is 22.1. The maximum absolute atomic E-state index is 12.0. The van der Waals surface area contributed by atoms with Crippen molar-refractivity contribution in [3.8, 4) is 11.5 Å². The van der Waals surface area contributed by atoms with E-state index < -0.39 is 4.92 Å². The second-order valence-corrected chi connectivity index (χ2v) is 7.11. The Kier molecular flexibility index (Phi) is 4.86. The molecule has 0 radical (unpaired) electrons. The van der Waals surface area contributed by atoms with Crippen LogP contribution >= 0.6 is 0 Å². The van der Waals surface area contributed by atoms with Crippen molar-refractivity contribution in [1.29, 1.82) is 0 Å². The van der Waals surface area contributed by atoms with E-state index >= 15 is 0 Å². The number of ether oxygens (including phenoxy) is 2. The normalized spacial score (nSPS) is 12.4. The number of pyridine rings is 1. The Hall–Kier alpha value is -4.47. The average molecular weight is 430 g/mol. The zero-order valence-corrected chi connectivity index (χ0v) is 17.0. The van der Waals surface area contributed by atoms with Gasteiger partial charge in [0.1, 0.15) is 19.5 Å². The highest BCUT2D eigenvalue weighted by atomic mass is 16.6. The molecule has 2 N–H and O–H groups in total. The van der Waals surface area contributed by atoms with Crippen LogP contribution in [-0.4, -0.2) is 33.1 Å². The van der Waals surface area contributed by atoms with Crippen LogP contribution in [0.15, 0.2) is 54.9 Å². The van der Waals surface area contributed by atoms with Crippen LogP contribution in [0.3, 0.4) is 0 Å². The molecule has 5 rings (SSSR count). The monoisotopic (exact) mass is 430 g/mol. The van der Waals surface area contributed by atoms with Gasteiger partial charge in [0, 0.05) is 28.5 Å². The highest BCUT2D eigenvalue weighted by Gasteiger charge is 2.24. The van der Waals surface area contributed by atoms with Crippen molar-refractivity contribution < 1.29 is 14.4 Å². The molecule has 2 aromatic carbocycles. The minimum atomic E-state index is -0.518. The number of hydrogen-bond donors (Lipinski definition) is 2. The average Bonchev–Trinajstić information content (AvgIpc) is 2.79. The van der Waals surface area contributed by atoms with Gasteiger partial charge in [-0.05, 0) is 43.3 Å². The number of aryl methyl sites for hydroxylation is 1. The predicted octanol–water partition coefficient (Wildman–Crippen LogP) is 4.50. The maximum atomic E-state index is 12.0. The van der Waals surface area contributed by atoms with E-state index in [0.717, 1.165) is 16.6 Å². The first kappa shape index (κ1) is 19.5. The topological polar surface area (TPSA) is 124 Å². The molecular weight excluding hydrogens is 412 g/mol. The summed E-state index contributed by atoms with van der Waals surface area (Å²) in [6.07, 6.45) is 1.27. The van der Waals surface area contributed by atoms with Crippen molar-refractivity contribution in [1.82, 2.24) is 15.0 Å². The molecule has 1 aliphatic rings. The molecule has 2 aromatic heterocycles. The molecule has 160 valence electrons. The van der Waals surface area contributed by atoms with E-state index in [4.69, 9.17) is 9.47 Å². The number of anilines is 4. The number of nitro groups is 1. The second-order valence-electron chi connectivity index (χ2n) is 7.11. The highest BCUT2D eigenvalue weighted by molar-refractivity contribution is 5.94. The fourth-order valence-electron chi connectivity index (χ4n) is 3.49. The summed E-state index contributed by atoms with van der Waals surface area (Å²) in [5.74, 6) is 1.31. The molecule has 1 aliphatic heterocycles. The SMILES string of the molecule is Cc1ccc2c(Nc3ncnc(Nc4ccc5c(c4)OCCO5)c3[N+](=O)[O-])cccc2n1. The first-order valence-electron chi connectivity index (χ1n) is 9.88. The lowest BCUT2D eigenvalue weighted by molar-refractivity contribution is -0.383. The molecule has 0 aliphatic carbocycles. The first-order chi connectivity index (χ1) is 15.6. The third kappa shape index (κ3) is 3.69. The van der Waals surface area contributed by atoms with Crippen LogP contribution in [0, 0.1) is 17.0 Å². The molecule has 3 heterocycles. The summed E-state index contributed by atoms with van der Waals surface area (Å²) in [4.78, 5) is 24.2. The van der Waals surface area contributed by atoms with Gasteiger partial charge in [0.15, 0.2) is 11.5 Å². The molecule has 0 spiro atoms. The van der Waals surface area contributed by atoms with Crippen molar-refractivity contribution in [3.63, 3.8) is 0 Å². The van der Waals surface area contributed by atoms with Gasteiger partial charge in [-0.2, -0.15) is 0 Å². The molecule has 0 amide bonds. The lowest BCUT2D eigenvalue weighted by Gasteiger charge is -2.19. The number of fused-ring (bicyclic) bond motifs is 2. The van der Waals surface area contributed by atoms with Crippen molar-refractivity contribution in [2.75, 3.05) is 23.8 Å². The van der Waals surface area contributed by atoms with Crippen LogP contribution in [0.25, 0.3) is 10.9 Å². The molecule has 0 bridgehead atoms. The minimum Gasteiger partial charge on any atom is -0.486 e. The number of aromatic nitrogens is 3. The van der Waals surface area contributed by atoms with Gasteiger partial charge in [-0.15, -0.1) is 0 Å². The third-order valence-corrected chi connectivity index (χ3v) is 4.93. The summed E-state index contributed by atoms with van der Waals surface area (Å²) >= 11 is 0. The Balaban J connectivity index is 1.51. The van der Waals surface area contributed by atoms with Crippen molar-refractivity contribution in [3.05, 3.63) is 70.7 Å². The Morgan fingerprint density at radius 2 is 1.75 bits per heavy atom. The van der Waals surface area contributed by atoms with Gasteiger partial charge < -0.3 is 20.1 Å². The Morgan fingerprint density at radius 3 is 2.56 bits per heavy atom. The van der Waals surface area contributed by atoms with Gasteiger partial charge in [-0.3, -0.25) is 15.1 Å². The van der Waals surface area contributed by atoms with Gasteiger partial charge >= 0.3 is 5.69 Å². The number of benzene rings is 2. The number of nitrogens with one attached hydrogen (secondary N) is 2. The summed E-state index contributed by atoms with van der Waals surface area (Å²) in [6.45, 7) is 2.83. The molecular formula is C22H18N6O4. The Bertz CT molecular complexity index is 1340. The van der Waals surface area contributed by atoms with Gasteiger partial charge in [0.25, 0.3) is 0 Å². The van der Waals surface area contributed by atoms with Crippen molar-refractivity contribution in [2.45, 2.75) is 6.92 Å². The molecule has 0 unspecified atom stereocenters. The fraction of sp³-hybridized carbons (Fsp3) is 0.136. The van der Waals surface area contributed by atoms with Crippen LogP contribution in [0.4, 0.5) is 28.7 Å². The van der Waals surface area contributed by atoms with E-state index in [-0.39, 0.29) is 17.3 Å². The molecule has 0 saturated carbocycles. The number of rotatable bonds is 5.